The van der Waals surface area contributed by atoms with Gasteiger partial charge in [0.15, 0.2) is 5.82 Å². The number of aryl methyl sites for hydroxylation is 2. The van der Waals surface area contributed by atoms with Crippen molar-refractivity contribution in [1.29, 1.82) is 0 Å². The zero-order chi connectivity index (χ0) is 14.9. The van der Waals surface area contributed by atoms with Gasteiger partial charge in [0.25, 0.3) is 0 Å². The van der Waals surface area contributed by atoms with Crippen molar-refractivity contribution in [3.63, 3.8) is 0 Å². The van der Waals surface area contributed by atoms with E-state index < -0.39 is 0 Å². The highest BCUT2D eigenvalue weighted by Crippen LogP contribution is 2.28. The summed E-state index contributed by atoms with van der Waals surface area (Å²) in [4.78, 5) is 11.7. The van der Waals surface area contributed by atoms with Crippen molar-refractivity contribution < 1.29 is 0 Å². The van der Waals surface area contributed by atoms with E-state index in [4.69, 9.17) is 0 Å². The molecule has 4 nitrogen and oxygen atoms in total. The number of rotatable bonds is 3. The Hall–Kier alpha value is -2.36. The van der Waals surface area contributed by atoms with Gasteiger partial charge < -0.3 is 9.55 Å². The Balaban J connectivity index is 1.70. The zero-order valence-electron chi connectivity index (χ0n) is 12.8. The number of aromatic amines is 1. The molecule has 0 amide bonds. The van der Waals surface area contributed by atoms with Crippen LogP contribution in [0.15, 0.2) is 43.1 Å². The second kappa shape index (κ2) is 5.44. The summed E-state index contributed by atoms with van der Waals surface area (Å²) < 4.78 is 2.21. The molecule has 1 aliphatic carbocycles. The van der Waals surface area contributed by atoms with E-state index in [0.29, 0.717) is 0 Å². The van der Waals surface area contributed by atoms with Gasteiger partial charge in [-0.1, -0.05) is 18.2 Å². The summed E-state index contributed by atoms with van der Waals surface area (Å²) in [6, 6.07) is 7.22. The van der Waals surface area contributed by atoms with Gasteiger partial charge in [0, 0.05) is 12.4 Å². The Kier molecular flexibility index (Phi) is 3.29. The Morgan fingerprint density at radius 2 is 2.05 bits per heavy atom. The van der Waals surface area contributed by atoms with Crippen molar-refractivity contribution in [3.8, 4) is 11.5 Å². The summed E-state index contributed by atoms with van der Waals surface area (Å²) in [6.45, 7) is 2.23. The molecule has 2 heterocycles. The number of fused-ring (bicyclic) bond motifs is 1. The summed E-state index contributed by atoms with van der Waals surface area (Å²) >= 11 is 0. The summed E-state index contributed by atoms with van der Waals surface area (Å²) in [7, 11) is 0. The molecule has 1 aromatic carbocycles. The highest BCUT2D eigenvalue weighted by Gasteiger charge is 2.16. The van der Waals surface area contributed by atoms with Crippen molar-refractivity contribution >= 4 is 0 Å². The first kappa shape index (κ1) is 13.3. The van der Waals surface area contributed by atoms with Gasteiger partial charge in [-0.15, -0.1) is 0 Å². The van der Waals surface area contributed by atoms with Crippen molar-refractivity contribution in [2.24, 2.45) is 0 Å². The van der Waals surface area contributed by atoms with Gasteiger partial charge in [0.1, 0.15) is 5.69 Å². The van der Waals surface area contributed by atoms with Gasteiger partial charge in [-0.05, 0) is 49.3 Å². The van der Waals surface area contributed by atoms with E-state index in [0.717, 1.165) is 11.5 Å². The lowest BCUT2D eigenvalue weighted by atomic mass is 9.89. The summed E-state index contributed by atoms with van der Waals surface area (Å²) in [5.74, 6) is 0.933. The van der Waals surface area contributed by atoms with E-state index in [2.05, 4.69) is 44.6 Å². The molecule has 0 unspecified atom stereocenters. The number of imidazole rings is 2. The SMILES string of the molecule is C[C@@H](c1ccc2c(c1)CCCC2)n1ccnc1-c1cnc[nH]1. The molecule has 0 bridgehead atoms. The van der Waals surface area contributed by atoms with E-state index in [1.165, 1.54) is 42.4 Å². The Labute approximate surface area is 130 Å². The monoisotopic (exact) mass is 292 g/mol. The third-order valence-corrected chi connectivity index (χ3v) is 4.68. The van der Waals surface area contributed by atoms with Crippen LogP contribution in [0.4, 0.5) is 0 Å². The van der Waals surface area contributed by atoms with Crippen LogP contribution >= 0.6 is 0 Å². The van der Waals surface area contributed by atoms with E-state index in [1.807, 2.05) is 18.6 Å². The normalized spacial score (nSPS) is 15.5. The average molecular weight is 292 g/mol. The van der Waals surface area contributed by atoms with Gasteiger partial charge in [-0.2, -0.15) is 0 Å². The molecule has 0 saturated carbocycles. The minimum Gasteiger partial charge on any atom is -0.342 e. The van der Waals surface area contributed by atoms with Gasteiger partial charge in [0.2, 0.25) is 0 Å². The maximum Gasteiger partial charge on any atom is 0.158 e. The van der Waals surface area contributed by atoms with Crippen LogP contribution in [0.5, 0.6) is 0 Å². The van der Waals surface area contributed by atoms with Crippen LogP contribution in [-0.2, 0) is 12.8 Å². The fraction of sp³-hybridized carbons (Fsp3) is 0.333. The minimum absolute atomic E-state index is 0.257. The summed E-state index contributed by atoms with van der Waals surface area (Å²) in [5.41, 5.74) is 5.36. The fourth-order valence-electron chi connectivity index (χ4n) is 3.39. The molecule has 2 aromatic heterocycles. The highest BCUT2D eigenvalue weighted by atomic mass is 15.1. The molecule has 112 valence electrons. The number of nitrogens with zero attached hydrogens (tertiary/aromatic N) is 3. The first-order chi connectivity index (χ1) is 10.8. The maximum atomic E-state index is 4.48. The number of benzene rings is 1. The number of nitrogens with one attached hydrogen (secondary N) is 1. The molecule has 0 aliphatic heterocycles. The predicted octanol–water partition coefficient (Wildman–Crippen LogP) is 3.76. The standard InChI is InChI=1S/C18H20N4/c1-13(15-7-6-14-4-2-3-5-16(14)10-15)22-9-8-20-18(22)17-11-19-12-21-17/h6-13H,2-5H2,1H3,(H,19,21)/t13-/m0/s1. The van der Waals surface area contributed by atoms with Crippen LogP contribution in [0.25, 0.3) is 11.5 Å². The lowest BCUT2D eigenvalue weighted by Gasteiger charge is -2.21. The Bertz CT molecular complexity index is 770. The topological polar surface area (TPSA) is 46.5 Å². The van der Waals surface area contributed by atoms with Gasteiger partial charge in [0.05, 0.1) is 18.6 Å². The largest absolute Gasteiger partial charge is 0.342 e. The van der Waals surface area contributed by atoms with E-state index in [1.54, 1.807) is 6.33 Å². The Morgan fingerprint density at radius 1 is 1.18 bits per heavy atom. The van der Waals surface area contributed by atoms with Crippen molar-refractivity contribution in [3.05, 3.63) is 59.8 Å². The molecule has 1 atom stereocenters. The van der Waals surface area contributed by atoms with Crippen molar-refractivity contribution in [1.82, 2.24) is 19.5 Å². The molecular weight excluding hydrogens is 272 g/mol. The molecule has 4 heteroatoms. The first-order valence-corrected chi connectivity index (χ1v) is 7.96. The molecule has 0 fully saturated rings. The average Bonchev–Trinajstić information content (AvgIpc) is 3.24. The molecule has 22 heavy (non-hydrogen) atoms. The summed E-state index contributed by atoms with van der Waals surface area (Å²) in [6.07, 6.45) is 12.5. The molecule has 4 rings (SSSR count). The molecule has 0 saturated heterocycles. The van der Waals surface area contributed by atoms with Crippen LogP contribution in [0.1, 0.15) is 42.5 Å². The second-order valence-corrected chi connectivity index (χ2v) is 6.03. The molecule has 1 N–H and O–H groups in total. The number of H-pyrrole nitrogens is 1. The van der Waals surface area contributed by atoms with Gasteiger partial charge in [-0.3, -0.25) is 0 Å². The van der Waals surface area contributed by atoms with Crippen LogP contribution in [-0.4, -0.2) is 19.5 Å². The van der Waals surface area contributed by atoms with E-state index >= 15 is 0 Å². The predicted molar refractivity (Wildman–Crippen MR) is 86.7 cm³/mol. The van der Waals surface area contributed by atoms with Gasteiger partial charge in [-0.25, -0.2) is 9.97 Å². The lowest BCUT2D eigenvalue weighted by molar-refractivity contribution is 0.636. The first-order valence-electron chi connectivity index (χ1n) is 7.96. The number of hydrogen-bond acceptors (Lipinski definition) is 2. The molecule has 0 radical (unpaired) electrons. The van der Waals surface area contributed by atoms with E-state index in [9.17, 15) is 0 Å². The minimum atomic E-state index is 0.257. The summed E-state index contributed by atoms with van der Waals surface area (Å²) in [5, 5.41) is 0. The quantitative estimate of drug-likeness (QED) is 0.799. The van der Waals surface area contributed by atoms with Crippen LogP contribution in [0, 0.1) is 0 Å². The lowest BCUT2D eigenvalue weighted by Crippen LogP contribution is -2.10. The van der Waals surface area contributed by atoms with Crippen LogP contribution in [0.2, 0.25) is 0 Å². The maximum absolute atomic E-state index is 4.48. The van der Waals surface area contributed by atoms with Crippen LogP contribution in [0.3, 0.4) is 0 Å². The third-order valence-electron chi connectivity index (χ3n) is 4.68. The third kappa shape index (κ3) is 2.25. The fourth-order valence-corrected chi connectivity index (χ4v) is 3.39. The molecule has 0 spiro atoms. The number of aromatic nitrogens is 4. The van der Waals surface area contributed by atoms with Crippen molar-refractivity contribution in [2.45, 2.75) is 38.6 Å². The smallest absolute Gasteiger partial charge is 0.158 e. The van der Waals surface area contributed by atoms with Crippen molar-refractivity contribution in [2.75, 3.05) is 0 Å². The molecular formula is C18H20N4. The molecule has 3 aromatic rings. The second-order valence-electron chi connectivity index (χ2n) is 6.03. The molecule has 1 aliphatic rings. The Morgan fingerprint density at radius 3 is 2.86 bits per heavy atom. The van der Waals surface area contributed by atoms with E-state index in [-0.39, 0.29) is 6.04 Å². The number of hydrogen-bond donors (Lipinski definition) is 1. The zero-order valence-corrected chi connectivity index (χ0v) is 12.8. The van der Waals surface area contributed by atoms with Crippen LogP contribution < -0.4 is 0 Å². The van der Waals surface area contributed by atoms with Gasteiger partial charge >= 0.3 is 0 Å². The highest BCUT2D eigenvalue weighted by molar-refractivity contribution is 5.49.